The highest BCUT2D eigenvalue weighted by molar-refractivity contribution is 5.95. The lowest BCUT2D eigenvalue weighted by Gasteiger charge is -2.26. The summed E-state index contributed by atoms with van der Waals surface area (Å²) >= 11 is 0. The van der Waals surface area contributed by atoms with E-state index in [1.807, 2.05) is 0 Å². The summed E-state index contributed by atoms with van der Waals surface area (Å²) in [5.41, 5.74) is 1.21. The van der Waals surface area contributed by atoms with Gasteiger partial charge in [-0.25, -0.2) is 9.18 Å². The molecule has 2 aromatic carbocycles. The van der Waals surface area contributed by atoms with Gasteiger partial charge in [0, 0.05) is 25.3 Å². The zero-order valence-electron chi connectivity index (χ0n) is 14.2. The summed E-state index contributed by atoms with van der Waals surface area (Å²) in [6.45, 7) is 1.35. The van der Waals surface area contributed by atoms with Gasteiger partial charge in [0.05, 0.1) is 11.7 Å². The fourth-order valence-corrected chi connectivity index (χ4v) is 3.05. The van der Waals surface area contributed by atoms with Crippen LogP contribution in [-0.2, 0) is 11.3 Å². The van der Waals surface area contributed by atoms with Crippen LogP contribution in [0.25, 0.3) is 0 Å². The van der Waals surface area contributed by atoms with E-state index in [1.165, 1.54) is 36.4 Å². The number of halogens is 1. The Bertz CT molecular complexity index is 785. The molecule has 2 aromatic rings. The van der Waals surface area contributed by atoms with E-state index in [9.17, 15) is 14.0 Å². The fraction of sp³-hybridized carbons (Fsp3) is 0.300. The minimum atomic E-state index is -1.04. The van der Waals surface area contributed by atoms with Crippen LogP contribution in [0.1, 0.15) is 39.1 Å². The van der Waals surface area contributed by atoms with E-state index in [1.54, 1.807) is 17.0 Å². The molecule has 1 aliphatic heterocycles. The Morgan fingerprint density at radius 1 is 1.15 bits per heavy atom. The molecular formula is C20H20FNO4. The first-order valence-electron chi connectivity index (χ1n) is 8.51. The average Bonchev–Trinajstić information content (AvgIpc) is 3.14. The van der Waals surface area contributed by atoms with Crippen LogP contribution in [-0.4, -0.2) is 41.1 Å². The predicted octanol–water partition coefficient (Wildman–Crippen LogP) is 3.35. The fourth-order valence-electron chi connectivity index (χ4n) is 3.05. The molecule has 26 heavy (non-hydrogen) atoms. The van der Waals surface area contributed by atoms with Crippen molar-refractivity contribution in [2.75, 3.05) is 13.2 Å². The predicted molar refractivity (Wildman–Crippen MR) is 93.5 cm³/mol. The van der Waals surface area contributed by atoms with Crippen molar-refractivity contribution in [3.63, 3.8) is 0 Å². The van der Waals surface area contributed by atoms with Gasteiger partial charge in [-0.2, -0.15) is 0 Å². The molecule has 6 heteroatoms. The maximum atomic E-state index is 13.5. The summed E-state index contributed by atoms with van der Waals surface area (Å²) in [4.78, 5) is 25.5. The Balaban J connectivity index is 1.80. The van der Waals surface area contributed by atoms with Gasteiger partial charge in [-0.05, 0) is 54.8 Å². The molecule has 0 saturated carbocycles. The molecule has 0 bridgehead atoms. The van der Waals surface area contributed by atoms with E-state index in [0.29, 0.717) is 24.3 Å². The molecule has 3 rings (SSSR count). The molecule has 1 saturated heterocycles. The van der Waals surface area contributed by atoms with Gasteiger partial charge >= 0.3 is 5.97 Å². The molecule has 0 radical (unpaired) electrons. The quantitative estimate of drug-likeness (QED) is 0.861. The smallest absolute Gasteiger partial charge is 0.335 e. The normalized spacial score (nSPS) is 16.4. The molecular weight excluding hydrogens is 337 g/mol. The number of carboxylic acids is 1. The Labute approximate surface area is 151 Å². The van der Waals surface area contributed by atoms with Crippen LogP contribution in [0.2, 0.25) is 0 Å². The monoisotopic (exact) mass is 357 g/mol. The summed E-state index contributed by atoms with van der Waals surface area (Å²) in [5, 5.41) is 8.99. The van der Waals surface area contributed by atoms with Gasteiger partial charge in [-0.3, -0.25) is 4.79 Å². The first kappa shape index (κ1) is 18.1. The molecule has 1 atom stereocenters. The van der Waals surface area contributed by atoms with E-state index >= 15 is 0 Å². The number of nitrogens with zero attached hydrogens (tertiary/aromatic N) is 1. The zero-order valence-corrected chi connectivity index (χ0v) is 14.2. The number of hydrogen-bond donors (Lipinski definition) is 1. The molecule has 1 amide bonds. The van der Waals surface area contributed by atoms with Crippen LogP contribution >= 0.6 is 0 Å². The number of amides is 1. The Morgan fingerprint density at radius 3 is 2.50 bits per heavy atom. The molecule has 0 aliphatic carbocycles. The highest BCUT2D eigenvalue weighted by atomic mass is 19.1. The topological polar surface area (TPSA) is 66.8 Å². The third-order valence-corrected chi connectivity index (χ3v) is 4.38. The Kier molecular flexibility index (Phi) is 5.63. The maximum Gasteiger partial charge on any atom is 0.335 e. The van der Waals surface area contributed by atoms with E-state index in [2.05, 4.69) is 0 Å². The van der Waals surface area contributed by atoms with Crippen LogP contribution in [0.3, 0.4) is 0 Å². The van der Waals surface area contributed by atoms with Crippen LogP contribution in [0.5, 0.6) is 0 Å². The van der Waals surface area contributed by atoms with Crippen LogP contribution in [0.15, 0.2) is 48.5 Å². The molecule has 1 fully saturated rings. The van der Waals surface area contributed by atoms with Crippen LogP contribution in [0.4, 0.5) is 4.39 Å². The highest BCUT2D eigenvalue weighted by Crippen LogP contribution is 2.18. The number of aromatic carboxylic acids is 1. The molecule has 1 unspecified atom stereocenters. The molecule has 1 N–H and O–H groups in total. The molecule has 0 aromatic heterocycles. The van der Waals surface area contributed by atoms with Crippen molar-refractivity contribution in [3.05, 3.63) is 71.0 Å². The van der Waals surface area contributed by atoms with Gasteiger partial charge in [0.25, 0.3) is 5.91 Å². The lowest BCUT2D eigenvalue weighted by molar-refractivity contribution is 0.0506. The summed E-state index contributed by atoms with van der Waals surface area (Å²) in [6, 6.07) is 12.0. The van der Waals surface area contributed by atoms with Crippen molar-refractivity contribution < 1.29 is 23.8 Å². The minimum Gasteiger partial charge on any atom is -0.478 e. The van der Waals surface area contributed by atoms with Crippen LogP contribution in [0, 0.1) is 5.82 Å². The second-order valence-corrected chi connectivity index (χ2v) is 6.33. The molecule has 5 nitrogen and oxygen atoms in total. The first-order valence-corrected chi connectivity index (χ1v) is 8.51. The number of carbonyl (C=O) groups excluding carboxylic acids is 1. The van der Waals surface area contributed by atoms with Gasteiger partial charge in [0.1, 0.15) is 5.82 Å². The van der Waals surface area contributed by atoms with Crippen molar-refractivity contribution in [2.45, 2.75) is 25.5 Å². The Morgan fingerprint density at radius 2 is 1.88 bits per heavy atom. The zero-order chi connectivity index (χ0) is 18.5. The third kappa shape index (κ3) is 4.46. The van der Waals surface area contributed by atoms with E-state index in [-0.39, 0.29) is 29.9 Å². The van der Waals surface area contributed by atoms with Gasteiger partial charge < -0.3 is 14.7 Å². The summed E-state index contributed by atoms with van der Waals surface area (Å²) in [6.07, 6.45) is 1.80. The molecule has 136 valence electrons. The van der Waals surface area contributed by atoms with Crippen molar-refractivity contribution in [2.24, 2.45) is 0 Å². The van der Waals surface area contributed by atoms with Gasteiger partial charge in [0.2, 0.25) is 0 Å². The number of rotatable bonds is 6. The summed E-state index contributed by atoms with van der Waals surface area (Å²) in [7, 11) is 0. The minimum absolute atomic E-state index is 0.0363. The van der Waals surface area contributed by atoms with E-state index in [4.69, 9.17) is 9.84 Å². The van der Waals surface area contributed by atoms with E-state index < -0.39 is 5.97 Å². The number of benzene rings is 2. The van der Waals surface area contributed by atoms with Gasteiger partial charge in [-0.15, -0.1) is 0 Å². The number of carboxylic acid groups (broad SMARTS) is 1. The second-order valence-electron chi connectivity index (χ2n) is 6.33. The van der Waals surface area contributed by atoms with Crippen molar-refractivity contribution in [3.8, 4) is 0 Å². The number of carbonyl (C=O) groups is 2. The summed E-state index contributed by atoms with van der Waals surface area (Å²) < 4.78 is 19.1. The number of hydrogen-bond acceptors (Lipinski definition) is 3. The van der Waals surface area contributed by atoms with Crippen molar-refractivity contribution in [1.29, 1.82) is 0 Å². The van der Waals surface area contributed by atoms with Gasteiger partial charge in [0.15, 0.2) is 0 Å². The van der Waals surface area contributed by atoms with E-state index in [0.717, 1.165) is 12.8 Å². The highest BCUT2D eigenvalue weighted by Gasteiger charge is 2.24. The van der Waals surface area contributed by atoms with Gasteiger partial charge in [-0.1, -0.05) is 12.1 Å². The lowest BCUT2D eigenvalue weighted by atomic mass is 10.1. The largest absolute Gasteiger partial charge is 0.478 e. The van der Waals surface area contributed by atoms with Crippen molar-refractivity contribution >= 4 is 11.9 Å². The third-order valence-electron chi connectivity index (χ3n) is 4.38. The molecule has 1 heterocycles. The van der Waals surface area contributed by atoms with Crippen LogP contribution < -0.4 is 0 Å². The SMILES string of the molecule is O=C(O)c1ccc(C(=O)N(Cc2cccc(F)c2)CC2CCCO2)cc1. The standard InChI is InChI=1S/C20H20FNO4/c21-17-4-1-3-14(11-17)12-22(13-18-5-2-10-26-18)19(23)15-6-8-16(9-7-15)20(24)25/h1,3-4,6-9,11,18H,2,5,10,12-13H2,(H,24,25). The Hall–Kier alpha value is -2.73. The first-order chi connectivity index (χ1) is 12.5. The number of ether oxygens (including phenoxy) is 1. The molecule has 1 aliphatic rings. The van der Waals surface area contributed by atoms with Crippen molar-refractivity contribution in [1.82, 2.24) is 4.90 Å². The summed E-state index contributed by atoms with van der Waals surface area (Å²) in [5.74, 6) is -1.63. The maximum absolute atomic E-state index is 13.5. The average molecular weight is 357 g/mol. The second kappa shape index (κ2) is 8.10. The molecule has 0 spiro atoms. The lowest BCUT2D eigenvalue weighted by Crippen LogP contribution is -2.37.